The topological polar surface area (TPSA) is 9.23 Å². The van der Waals surface area contributed by atoms with Crippen LogP contribution in [-0.4, -0.2) is 21.3 Å². The van der Waals surface area contributed by atoms with Crippen LogP contribution in [-0.2, 0) is 0 Å². The van der Waals surface area contributed by atoms with Crippen molar-refractivity contribution in [1.82, 2.24) is 0 Å². The van der Waals surface area contributed by atoms with Crippen molar-refractivity contribution in [2.45, 2.75) is 13.8 Å². The molecule has 0 aliphatic carbocycles. The second-order valence-corrected chi connectivity index (χ2v) is 9.47. The lowest BCUT2D eigenvalue weighted by Crippen LogP contribution is -2.58. The summed E-state index contributed by atoms with van der Waals surface area (Å²) >= 11 is -4.33. The number of benzene rings is 3. The van der Waals surface area contributed by atoms with E-state index in [2.05, 4.69) is 0 Å². The predicted molar refractivity (Wildman–Crippen MR) is 99.7 cm³/mol. The van der Waals surface area contributed by atoms with Crippen molar-refractivity contribution in [3.8, 4) is 5.75 Å². The third kappa shape index (κ3) is 3.90. The lowest BCUT2D eigenvalue weighted by Gasteiger charge is -2.21. The first-order valence-electron chi connectivity index (χ1n) is 8.80. The molecule has 0 fully saturated rings. The van der Waals surface area contributed by atoms with Gasteiger partial charge in [0.2, 0.25) is 0 Å². The third-order valence-corrected chi connectivity index (χ3v) is 8.24. The highest BCUT2D eigenvalue weighted by atomic mass is 27.2. The van der Waals surface area contributed by atoms with Gasteiger partial charge in [0.1, 0.15) is 40.7 Å². The fourth-order valence-electron chi connectivity index (χ4n) is 3.43. The van der Waals surface area contributed by atoms with Crippen LogP contribution in [0.5, 0.6) is 5.75 Å². The van der Waals surface area contributed by atoms with Gasteiger partial charge >= 0.3 is 14.1 Å². The van der Waals surface area contributed by atoms with Gasteiger partial charge in [0, 0.05) is 12.1 Å². The highest BCUT2D eigenvalue weighted by Gasteiger charge is 2.42. The Kier molecular flexibility index (Phi) is 6.35. The summed E-state index contributed by atoms with van der Waals surface area (Å²) in [5.74, 6) is -12.7. The minimum atomic E-state index is -4.33. The molecule has 3 aromatic carbocycles. The van der Waals surface area contributed by atoms with E-state index in [1.165, 1.54) is 0 Å². The molecule has 3 rings (SSSR count). The van der Waals surface area contributed by atoms with E-state index in [9.17, 15) is 35.1 Å². The van der Waals surface area contributed by atoms with Gasteiger partial charge in [-0.25, -0.2) is 35.1 Å². The number of ether oxygens (including phenoxy) is 1. The summed E-state index contributed by atoms with van der Waals surface area (Å²) in [6.07, 6.45) is 0. The van der Waals surface area contributed by atoms with E-state index in [0.29, 0.717) is 24.3 Å². The molecule has 0 spiro atoms. The Labute approximate surface area is 176 Å². The Hall–Kier alpha value is -2.57. The van der Waals surface area contributed by atoms with E-state index in [-0.39, 0.29) is 0 Å². The number of hydrogen-bond donors (Lipinski definition) is 0. The molecule has 3 aromatic rings. The maximum atomic E-state index is 14.9. The van der Waals surface area contributed by atoms with Gasteiger partial charge in [-0.2, -0.15) is 0 Å². The molecule has 0 amide bonds. The van der Waals surface area contributed by atoms with E-state index in [0.717, 1.165) is 21.0 Å². The smallest absolute Gasteiger partial charge is 0.413 e. The summed E-state index contributed by atoms with van der Waals surface area (Å²) in [6, 6.07) is 2.10. The van der Waals surface area contributed by atoms with E-state index in [1.54, 1.807) is 0 Å². The first-order chi connectivity index (χ1) is 14.5. The number of rotatable bonds is 4. The van der Waals surface area contributed by atoms with Crippen LogP contribution in [0.15, 0.2) is 24.3 Å². The zero-order chi connectivity index (χ0) is 23.2. The maximum Gasteiger partial charge on any atom is 0.413 e. The number of methoxy groups -OCH3 is 1. The molecule has 10 heteroatoms. The lowest BCUT2D eigenvalue weighted by molar-refractivity contribution is 0.411. The Morgan fingerprint density at radius 3 is 1.42 bits per heavy atom. The fraction of sp³-hybridized carbons (Fsp3) is 0.143. The van der Waals surface area contributed by atoms with Crippen LogP contribution in [0, 0.1) is 60.4 Å². The van der Waals surface area contributed by atoms with Gasteiger partial charge < -0.3 is 4.74 Å². The second kappa shape index (κ2) is 8.52. The monoisotopic (exact) mass is 460 g/mol. The van der Waals surface area contributed by atoms with Gasteiger partial charge in [0.05, 0.1) is 7.11 Å². The van der Waals surface area contributed by atoms with E-state index >= 15 is 0 Å². The first-order valence-corrected chi connectivity index (χ1v) is 10.5. The normalized spacial score (nSPS) is 11.1. The third-order valence-electron chi connectivity index (χ3n) is 4.89. The average Bonchev–Trinajstić information content (AvgIpc) is 2.69. The molecule has 1 nitrogen and oxygen atoms in total. The summed E-state index contributed by atoms with van der Waals surface area (Å²) in [4.78, 5) is 0. The zero-order valence-electron chi connectivity index (χ0n) is 16.3. The summed E-state index contributed by atoms with van der Waals surface area (Å²) in [6.45, 7) is 2.10. The Bertz CT molecular complexity index is 1130. The summed E-state index contributed by atoms with van der Waals surface area (Å²) in [7, 11) is 0.966. The van der Waals surface area contributed by atoms with Crippen molar-refractivity contribution in [3.63, 3.8) is 0 Å². The zero-order valence-corrected chi connectivity index (χ0v) is 17.5. The Morgan fingerprint density at radius 2 is 1.00 bits per heavy atom. The molecular weight excluding hydrogens is 447 g/mol. The second-order valence-electron chi connectivity index (χ2n) is 6.87. The largest absolute Gasteiger partial charge is 0.498 e. The van der Waals surface area contributed by atoms with Crippen LogP contribution in [0.1, 0.15) is 11.1 Å². The quantitative estimate of drug-likeness (QED) is 0.326. The molecule has 31 heavy (non-hydrogen) atoms. The molecule has 0 aliphatic rings. The molecule has 0 saturated carbocycles. The van der Waals surface area contributed by atoms with Gasteiger partial charge in [0.25, 0.3) is 0 Å². The molecular formula is C21H13AlF8O. The Morgan fingerprint density at radius 1 is 0.581 bits per heavy atom. The molecule has 0 atom stereocenters. The van der Waals surface area contributed by atoms with Crippen LogP contribution < -0.4 is 18.0 Å². The summed E-state index contributed by atoms with van der Waals surface area (Å²) in [5.41, 5.74) is -0.900. The molecule has 0 unspecified atom stereocenters. The molecule has 0 N–H and O–H groups in total. The van der Waals surface area contributed by atoms with Crippen molar-refractivity contribution in [3.05, 3.63) is 81.9 Å². The first kappa shape index (κ1) is 23.1. The van der Waals surface area contributed by atoms with Crippen LogP contribution >= 0.6 is 0 Å². The summed E-state index contributed by atoms with van der Waals surface area (Å²) in [5, 5.41) is 0. The number of aryl methyl sites for hydroxylation is 2. The minimum Gasteiger partial charge on any atom is -0.498 e. The molecule has 0 aromatic heterocycles. The molecule has 0 heterocycles. The highest BCUT2D eigenvalue weighted by Crippen LogP contribution is 2.20. The van der Waals surface area contributed by atoms with E-state index in [4.69, 9.17) is 4.74 Å². The summed E-state index contributed by atoms with van der Waals surface area (Å²) < 4.78 is 118. The van der Waals surface area contributed by atoms with Crippen LogP contribution in [0.3, 0.4) is 0 Å². The van der Waals surface area contributed by atoms with E-state index < -0.39 is 90.8 Å². The number of halogens is 8. The molecule has 162 valence electrons. The highest BCUT2D eigenvalue weighted by molar-refractivity contribution is 6.96. The molecule has 0 saturated heterocycles. The van der Waals surface area contributed by atoms with Gasteiger partial charge in [-0.15, -0.1) is 0 Å². The SMILES string of the molecule is COc1cc(F)cc(F)[c]1[Al]([c]1c(F)cc(C)c(F)c1F)[c]1c(F)cc(C)c(F)c1F. The fourth-order valence-corrected chi connectivity index (χ4v) is 6.62. The van der Waals surface area contributed by atoms with Crippen LogP contribution in [0.2, 0.25) is 0 Å². The van der Waals surface area contributed by atoms with Crippen LogP contribution in [0.25, 0.3) is 0 Å². The van der Waals surface area contributed by atoms with Gasteiger partial charge in [0.15, 0.2) is 11.6 Å². The standard InChI is InChI=1S/2C7H4F3.C7H5F2O.Al/c2*1-4-2-5(8)3-6(9)7(4)10;1-10-7-3-5(8)2-6(9)4-7;/h2*2H,1H3;2-3H,1H3;. The maximum absolute atomic E-state index is 14.9. The predicted octanol–water partition coefficient (Wildman–Crippen LogP) is 3.94. The van der Waals surface area contributed by atoms with E-state index in [1.807, 2.05) is 0 Å². The van der Waals surface area contributed by atoms with Gasteiger partial charge in [-0.05, 0) is 50.4 Å². The minimum absolute atomic E-state index is 0.318. The van der Waals surface area contributed by atoms with Crippen molar-refractivity contribution in [2.75, 3.05) is 7.11 Å². The Balaban J connectivity index is 2.54. The molecule has 0 radical (unpaired) electrons. The average molecular weight is 460 g/mol. The van der Waals surface area contributed by atoms with Crippen molar-refractivity contribution < 1.29 is 39.9 Å². The van der Waals surface area contributed by atoms with Gasteiger partial charge in [-0.3, -0.25) is 0 Å². The van der Waals surface area contributed by atoms with Gasteiger partial charge in [-0.1, -0.05) is 0 Å². The van der Waals surface area contributed by atoms with Crippen molar-refractivity contribution in [2.24, 2.45) is 0 Å². The lowest BCUT2D eigenvalue weighted by atomic mass is 10.2. The van der Waals surface area contributed by atoms with Crippen molar-refractivity contribution in [1.29, 1.82) is 0 Å². The molecule has 0 aliphatic heterocycles. The number of hydrogen-bond acceptors (Lipinski definition) is 1. The molecule has 0 bridgehead atoms. The van der Waals surface area contributed by atoms with Crippen molar-refractivity contribution >= 4 is 27.4 Å². The van der Waals surface area contributed by atoms with Crippen LogP contribution in [0.4, 0.5) is 35.1 Å².